The van der Waals surface area contributed by atoms with Crippen LogP contribution in [-0.2, 0) is 0 Å². The van der Waals surface area contributed by atoms with Crippen molar-refractivity contribution in [2.75, 3.05) is 6.54 Å². The third kappa shape index (κ3) is 10.8. The first-order chi connectivity index (χ1) is 10.8. The summed E-state index contributed by atoms with van der Waals surface area (Å²) in [6, 6.07) is 6.71. The smallest absolute Gasteiger partial charge is 0.123 e. The molecular weight excluding hydrogens is 305 g/mol. The number of halogens is 1. The molecule has 0 aliphatic carbocycles. The molecule has 1 rings (SSSR count). The highest BCUT2D eigenvalue weighted by atomic mass is 32.2. The van der Waals surface area contributed by atoms with Crippen LogP contribution in [0, 0.1) is 11.7 Å². The highest BCUT2D eigenvalue weighted by Gasteiger charge is 1.98. The molecule has 0 atom stereocenters. The number of nitrogens with one attached hydrogen (secondary N) is 1. The minimum absolute atomic E-state index is 0.166. The zero-order valence-corrected chi connectivity index (χ0v) is 15.9. The summed E-state index contributed by atoms with van der Waals surface area (Å²) >= 11 is 1.60. The van der Waals surface area contributed by atoms with Crippen molar-refractivity contribution in [1.82, 2.24) is 5.32 Å². The first-order valence-corrected chi connectivity index (χ1v) is 8.79. The molecule has 0 radical (unpaired) electrons. The topological polar surface area (TPSA) is 12.0 Å². The van der Waals surface area contributed by atoms with Gasteiger partial charge in [0.05, 0.1) is 5.03 Å². The fraction of sp³-hybridized carbons (Fsp3) is 0.400. The maximum absolute atomic E-state index is 12.8. The second kappa shape index (κ2) is 12.0. The molecule has 1 aromatic rings. The number of thioether (sulfide) groups is 1. The molecule has 0 aliphatic rings. The number of allylic oxidation sites excluding steroid dienone is 3. The molecule has 1 N–H and O–H groups in total. The number of rotatable bonds is 7. The molecule has 0 bridgehead atoms. The Kier molecular flexibility index (Phi) is 11.2. The van der Waals surface area contributed by atoms with E-state index in [1.165, 1.54) is 11.6 Å². The van der Waals surface area contributed by atoms with Crippen LogP contribution in [-0.4, -0.2) is 6.54 Å². The molecule has 0 saturated carbocycles. The van der Waals surface area contributed by atoms with E-state index in [0.29, 0.717) is 5.92 Å². The summed E-state index contributed by atoms with van der Waals surface area (Å²) in [5, 5.41) is 4.21. The van der Waals surface area contributed by atoms with Crippen LogP contribution in [0.15, 0.2) is 53.4 Å². The standard InChI is InChI=1S/C11H13F.C9H17NS/c1-3-9(4-2)10-6-5-7-11(12)8-10;1-7(2)6-10-9(5)11-8(3)4/h3,5-8H,4H2,1-2H3;7,10H,3,5-6H2,1-2,4H3/b9-3+;. The van der Waals surface area contributed by atoms with Crippen molar-refractivity contribution in [2.24, 2.45) is 5.92 Å². The summed E-state index contributed by atoms with van der Waals surface area (Å²) in [4.78, 5) is 1.08. The summed E-state index contributed by atoms with van der Waals surface area (Å²) in [6.45, 7) is 19.0. The van der Waals surface area contributed by atoms with E-state index >= 15 is 0 Å². The van der Waals surface area contributed by atoms with Gasteiger partial charge in [0, 0.05) is 6.54 Å². The normalized spacial score (nSPS) is 10.8. The van der Waals surface area contributed by atoms with E-state index in [4.69, 9.17) is 0 Å². The van der Waals surface area contributed by atoms with E-state index in [-0.39, 0.29) is 5.82 Å². The van der Waals surface area contributed by atoms with Gasteiger partial charge in [0.2, 0.25) is 0 Å². The third-order valence-electron chi connectivity index (χ3n) is 2.93. The van der Waals surface area contributed by atoms with Gasteiger partial charge in [-0.3, -0.25) is 0 Å². The molecule has 128 valence electrons. The Morgan fingerprint density at radius 1 is 1.35 bits per heavy atom. The summed E-state index contributed by atoms with van der Waals surface area (Å²) < 4.78 is 12.8. The maximum Gasteiger partial charge on any atom is 0.123 e. The van der Waals surface area contributed by atoms with Gasteiger partial charge in [-0.25, -0.2) is 4.39 Å². The van der Waals surface area contributed by atoms with Crippen molar-refractivity contribution >= 4 is 17.3 Å². The molecule has 1 aromatic carbocycles. The van der Waals surface area contributed by atoms with E-state index in [9.17, 15) is 4.39 Å². The van der Waals surface area contributed by atoms with Gasteiger partial charge in [0.1, 0.15) is 5.82 Å². The molecular formula is C20H30FNS. The molecule has 0 unspecified atom stereocenters. The number of benzene rings is 1. The van der Waals surface area contributed by atoms with Gasteiger partial charge in [-0.05, 0) is 54.4 Å². The predicted octanol–water partition coefficient (Wildman–Crippen LogP) is 6.61. The highest BCUT2D eigenvalue weighted by molar-refractivity contribution is 8.06. The lowest BCUT2D eigenvalue weighted by atomic mass is 10.0. The zero-order valence-electron chi connectivity index (χ0n) is 15.1. The fourth-order valence-electron chi connectivity index (χ4n) is 1.83. The van der Waals surface area contributed by atoms with Gasteiger partial charge in [-0.2, -0.15) is 0 Å². The first kappa shape index (κ1) is 21.5. The minimum Gasteiger partial charge on any atom is -0.380 e. The van der Waals surface area contributed by atoms with Crippen LogP contribution >= 0.6 is 11.8 Å². The van der Waals surface area contributed by atoms with Gasteiger partial charge in [-0.1, -0.05) is 63.9 Å². The predicted molar refractivity (Wildman–Crippen MR) is 105 cm³/mol. The summed E-state index contributed by atoms with van der Waals surface area (Å²) in [5.74, 6) is 0.498. The van der Waals surface area contributed by atoms with Crippen molar-refractivity contribution in [3.63, 3.8) is 0 Å². The lowest BCUT2D eigenvalue weighted by molar-refractivity contribution is 0.608. The molecule has 0 fully saturated rings. The van der Waals surface area contributed by atoms with Crippen molar-refractivity contribution in [1.29, 1.82) is 0 Å². The summed E-state index contributed by atoms with van der Waals surface area (Å²) in [5.41, 5.74) is 2.18. The summed E-state index contributed by atoms with van der Waals surface area (Å²) in [6.07, 6.45) is 2.97. The quantitative estimate of drug-likeness (QED) is 0.601. The molecule has 23 heavy (non-hydrogen) atoms. The Bertz CT molecular complexity index is 532. The highest BCUT2D eigenvalue weighted by Crippen LogP contribution is 2.19. The van der Waals surface area contributed by atoms with Crippen LogP contribution in [0.3, 0.4) is 0 Å². The van der Waals surface area contributed by atoms with Gasteiger partial charge < -0.3 is 5.32 Å². The van der Waals surface area contributed by atoms with E-state index in [0.717, 1.165) is 28.5 Å². The van der Waals surface area contributed by atoms with E-state index in [1.807, 2.05) is 26.0 Å². The molecule has 0 saturated heterocycles. The Morgan fingerprint density at radius 2 is 2.00 bits per heavy atom. The average molecular weight is 336 g/mol. The Balaban J connectivity index is 0.000000423. The van der Waals surface area contributed by atoms with Gasteiger partial charge in [-0.15, -0.1) is 0 Å². The molecule has 1 nitrogen and oxygen atoms in total. The number of hydrogen-bond acceptors (Lipinski definition) is 2. The van der Waals surface area contributed by atoms with Crippen molar-refractivity contribution in [3.05, 3.63) is 64.8 Å². The minimum atomic E-state index is -0.166. The Labute approximate surface area is 145 Å². The van der Waals surface area contributed by atoms with Crippen molar-refractivity contribution in [2.45, 2.75) is 41.0 Å². The molecule has 0 heterocycles. The lowest BCUT2D eigenvalue weighted by Gasteiger charge is -2.10. The second-order valence-electron chi connectivity index (χ2n) is 5.68. The molecule has 0 aromatic heterocycles. The van der Waals surface area contributed by atoms with Gasteiger partial charge in [0.15, 0.2) is 0 Å². The van der Waals surface area contributed by atoms with Crippen LogP contribution in [0.25, 0.3) is 5.57 Å². The van der Waals surface area contributed by atoms with Crippen LogP contribution < -0.4 is 5.32 Å². The second-order valence-corrected chi connectivity index (χ2v) is 7.07. The van der Waals surface area contributed by atoms with Crippen molar-refractivity contribution < 1.29 is 4.39 Å². The van der Waals surface area contributed by atoms with Crippen LogP contribution in [0.1, 0.15) is 46.6 Å². The third-order valence-corrected chi connectivity index (χ3v) is 3.67. The summed E-state index contributed by atoms with van der Waals surface area (Å²) in [7, 11) is 0. The SMILES string of the molecule is C/C=C(\CC)c1cccc(F)c1.C=C(C)SC(=C)NCC(C)C. The van der Waals surface area contributed by atoms with E-state index in [2.05, 4.69) is 39.2 Å². The fourth-order valence-corrected chi connectivity index (χ4v) is 2.40. The number of hydrogen-bond donors (Lipinski definition) is 1. The largest absolute Gasteiger partial charge is 0.380 e. The zero-order chi connectivity index (χ0) is 17.8. The maximum atomic E-state index is 12.8. The monoisotopic (exact) mass is 335 g/mol. The lowest BCUT2D eigenvalue weighted by Crippen LogP contribution is -2.16. The van der Waals surface area contributed by atoms with E-state index in [1.54, 1.807) is 23.9 Å². The van der Waals surface area contributed by atoms with Crippen LogP contribution in [0.2, 0.25) is 0 Å². The molecule has 0 spiro atoms. The Hall–Kier alpha value is -1.48. The Morgan fingerprint density at radius 3 is 2.43 bits per heavy atom. The van der Waals surface area contributed by atoms with Crippen molar-refractivity contribution in [3.8, 4) is 0 Å². The van der Waals surface area contributed by atoms with Crippen LogP contribution in [0.4, 0.5) is 4.39 Å². The van der Waals surface area contributed by atoms with E-state index < -0.39 is 0 Å². The van der Waals surface area contributed by atoms with Crippen LogP contribution in [0.5, 0.6) is 0 Å². The molecule has 0 aliphatic heterocycles. The van der Waals surface area contributed by atoms with Gasteiger partial charge >= 0.3 is 0 Å². The average Bonchev–Trinajstić information content (AvgIpc) is 2.46. The first-order valence-electron chi connectivity index (χ1n) is 7.97. The molecule has 0 amide bonds. The molecule has 3 heteroatoms. The van der Waals surface area contributed by atoms with Gasteiger partial charge in [0.25, 0.3) is 0 Å².